The first-order chi connectivity index (χ1) is 14.5. The van der Waals surface area contributed by atoms with Gasteiger partial charge in [0, 0.05) is 6.04 Å². The van der Waals surface area contributed by atoms with Gasteiger partial charge in [-0.25, -0.2) is 14.3 Å². The minimum Gasteiger partial charge on any atom is -0.281 e. The van der Waals surface area contributed by atoms with E-state index in [1.165, 1.54) is 11.9 Å². The van der Waals surface area contributed by atoms with Crippen molar-refractivity contribution in [3.05, 3.63) is 76.6 Å². The third-order valence-electron chi connectivity index (χ3n) is 5.37. The molecular formula is C21H24N8S. The zero-order chi connectivity index (χ0) is 21.3. The van der Waals surface area contributed by atoms with Gasteiger partial charge in [0.2, 0.25) is 4.77 Å². The summed E-state index contributed by atoms with van der Waals surface area (Å²) in [7, 11) is 2.05. The summed E-state index contributed by atoms with van der Waals surface area (Å²) in [6.45, 7) is 6.81. The molecule has 2 heterocycles. The fourth-order valence-corrected chi connectivity index (χ4v) is 3.70. The molecule has 0 amide bonds. The molecular weight excluding hydrogens is 396 g/mol. The number of tetrazole rings is 1. The van der Waals surface area contributed by atoms with E-state index in [2.05, 4.69) is 77.5 Å². The lowest BCUT2D eigenvalue weighted by Gasteiger charge is -2.24. The van der Waals surface area contributed by atoms with Crippen LogP contribution in [0.2, 0.25) is 0 Å². The molecule has 0 saturated heterocycles. The third-order valence-corrected chi connectivity index (χ3v) is 5.75. The molecule has 0 radical (unpaired) electrons. The van der Waals surface area contributed by atoms with E-state index in [1.807, 2.05) is 18.2 Å². The van der Waals surface area contributed by atoms with Gasteiger partial charge in [-0.2, -0.15) is 9.78 Å². The summed E-state index contributed by atoms with van der Waals surface area (Å²) < 4.78 is 5.81. The number of para-hydroxylation sites is 1. The van der Waals surface area contributed by atoms with Crippen molar-refractivity contribution in [3.8, 4) is 11.4 Å². The van der Waals surface area contributed by atoms with Crippen molar-refractivity contribution in [2.24, 2.45) is 0 Å². The quantitative estimate of drug-likeness (QED) is 0.444. The molecule has 0 bridgehead atoms. The standard InChI is InChI=1S/C21H24N8S/c1-15-6-5-7-16(2)20(15)29-21(30)28(24-25-29)14-26(4)17(3)18-8-10-19(11-9-18)27-13-22-12-23-27/h5-13,17H,14H2,1-4H3/t17-/m1/s1. The van der Waals surface area contributed by atoms with Crippen LogP contribution in [0.5, 0.6) is 0 Å². The Morgan fingerprint density at radius 3 is 2.37 bits per heavy atom. The van der Waals surface area contributed by atoms with Crippen molar-refractivity contribution >= 4 is 12.2 Å². The lowest BCUT2D eigenvalue weighted by atomic mass is 10.1. The molecule has 0 unspecified atom stereocenters. The average Bonchev–Trinajstić information content (AvgIpc) is 3.39. The van der Waals surface area contributed by atoms with Crippen LogP contribution in [0.1, 0.15) is 29.7 Å². The Bertz CT molecular complexity index is 1170. The van der Waals surface area contributed by atoms with Crippen molar-refractivity contribution in [2.75, 3.05) is 7.05 Å². The first-order valence-corrected chi connectivity index (χ1v) is 10.1. The average molecular weight is 421 g/mol. The first-order valence-electron chi connectivity index (χ1n) is 9.70. The van der Waals surface area contributed by atoms with Gasteiger partial charge in [-0.3, -0.25) is 4.90 Å². The predicted molar refractivity (Wildman–Crippen MR) is 117 cm³/mol. The second-order valence-electron chi connectivity index (χ2n) is 7.42. The molecule has 1 atom stereocenters. The Labute approximate surface area is 180 Å². The number of hydrogen-bond donors (Lipinski definition) is 0. The van der Waals surface area contributed by atoms with Gasteiger partial charge in [0.25, 0.3) is 0 Å². The molecule has 0 aliphatic carbocycles. The van der Waals surface area contributed by atoms with Gasteiger partial charge in [-0.1, -0.05) is 30.3 Å². The van der Waals surface area contributed by atoms with E-state index in [1.54, 1.807) is 20.4 Å². The highest BCUT2D eigenvalue weighted by Crippen LogP contribution is 2.22. The molecule has 8 nitrogen and oxygen atoms in total. The van der Waals surface area contributed by atoms with E-state index in [9.17, 15) is 0 Å². The van der Waals surface area contributed by atoms with Gasteiger partial charge in [0.1, 0.15) is 12.7 Å². The molecule has 0 aliphatic rings. The third kappa shape index (κ3) is 3.81. The summed E-state index contributed by atoms with van der Waals surface area (Å²) in [5, 5.41) is 12.8. The fraction of sp³-hybridized carbons (Fsp3) is 0.286. The highest BCUT2D eigenvalue weighted by atomic mass is 32.1. The second kappa shape index (κ2) is 8.29. The highest BCUT2D eigenvalue weighted by Gasteiger charge is 2.16. The highest BCUT2D eigenvalue weighted by molar-refractivity contribution is 7.71. The fourth-order valence-electron chi connectivity index (χ4n) is 3.48. The van der Waals surface area contributed by atoms with Crippen LogP contribution in [0.4, 0.5) is 0 Å². The van der Waals surface area contributed by atoms with Crippen molar-refractivity contribution in [1.82, 2.24) is 39.5 Å². The van der Waals surface area contributed by atoms with Gasteiger partial charge in [-0.05, 0) is 79.3 Å². The molecule has 2 aromatic heterocycles. The van der Waals surface area contributed by atoms with Gasteiger partial charge >= 0.3 is 0 Å². The zero-order valence-electron chi connectivity index (χ0n) is 17.5. The molecule has 4 rings (SSSR count). The topological polar surface area (TPSA) is 69.6 Å². The summed E-state index contributed by atoms with van der Waals surface area (Å²) in [5.74, 6) is 0. The number of benzene rings is 2. The predicted octanol–water partition coefficient (Wildman–Crippen LogP) is 3.65. The van der Waals surface area contributed by atoms with Crippen LogP contribution in [-0.4, -0.2) is 46.5 Å². The Kier molecular flexibility index (Phi) is 5.56. The molecule has 0 spiro atoms. The van der Waals surface area contributed by atoms with E-state index in [0.717, 1.165) is 22.5 Å². The van der Waals surface area contributed by atoms with Crippen LogP contribution in [0.3, 0.4) is 0 Å². The van der Waals surface area contributed by atoms with Crippen LogP contribution < -0.4 is 0 Å². The van der Waals surface area contributed by atoms with Crippen LogP contribution in [0.25, 0.3) is 11.4 Å². The van der Waals surface area contributed by atoms with Gasteiger partial charge in [0.15, 0.2) is 0 Å². The summed E-state index contributed by atoms with van der Waals surface area (Å²) in [6.07, 6.45) is 3.21. The SMILES string of the molecule is Cc1cccc(C)c1-n1nnn(CN(C)[C@H](C)c2ccc(-n3cncn3)cc2)c1=S. The zero-order valence-corrected chi connectivity index (χ0v) is 18.3. The van der Waals surface area contributed by atoms with Gasteiger partial charge < -0.3 is 0 Å². The normalized spacial score (nSPS) is 12.4. The number of nitrogens with zero attached hydrogens (tertiary/aromatic N) is 8. The minimum atomic E-state index is 0.169. The van der Waals surface area contributed by atoms with E-state index in [4.69, 9.17) is 12.2 Å². The maximum Gasteiger partial charge on any atom is 0.221 e. The number of hydrogen-bond acceptors (Lipinski definition) is 6. The van der Waals surface area contributed by atoms with Crippen molar-refractivity contribution in [3.63, 3.8) is 0 Å². The van der Waals surface area contributed by atoms with Crippen LogP contribution in [0, 0.1) is 18.6 Å². The van der Waals surface area contributed by atoms with Crippen molar-refractivity contribution in [1.29, 1.82) is 0 Å². The maximum absolute atomic E-state index is 5.67. The summed E-state index contributed by atoms with van der Waals surface area (Å²) in [4.78, 5) is 6.17. The van der Waals surface area contributed by atoms with Crippen molar-refractivity contribution < 1.29 is 0 Å². The molecule has 9 heteroatoms. The lowest BCUT2D eigenvalue weighted by molar-refractivity contribution is 0.193. The Hall–Kier alpha value is -3.17. The van der Waals surface area contributed by atoms with Gasteiger partial charge in [-0.15, -0.1) is 0 Å². The lowest BCUT2D eigenvalue weighted by Crippen LogP contribution is -2.26. The van der Waals surface area contributed by atoms with Crippen molar-refractivity contribution in [2.45, 2.75) is 33.5 Å². The Morgan fingerprint density at radius 1 is 1.03 bits per heavy atom. The minimum absolute atomic E-state index is 0.169. The van der Waals surface area contributed by atoms with E-state index < -0.39 is 0 Å². The smallest absolute Gasteiger partial charge is 0.221 e. The molecule has 0 aliphatic heterocycles. The number of aryl methyl sites for hydroxylation is 2. The first kappa shape index (κ1) is 20.1. The Morgan fingerprint density at radius 2 is 1.73 bits per heavy atom. The Balaban J connectivity index is 1.52. The van der Waals surface area contributed by atoms with E-state index in [0.29, 0.717) is 11.4 Å². The van der Waals surface area contributed by atoms with E-state index >= 15 is 0 Å². The molecule has 154 valence electrons. The van der Waals surface area contributed by atoms with Crippen LogP contribution in [-0.2, 0) is 6.67 Å². The largest absolute Gasteiger partial charge is 0.281 e. The molecule has 30 heavy (non-hydrogen) atoms. The molecule has 0 saturated carbocycles. The number of aromatic nitrogens is 7. The molecule has 4 aromatic rings. The molecule has 0 fully saturated rings. The van der Waals surface area contributed by atoms with Crippen LogP contribution >= 0.6 is 12.2 Å². The van der Waals surface area contributed by atoms with Gasteiger partial charge in [0.05, 0.1) is 18.0 Å². The summed E-state index contributed by atoms with van der Waals surface area (Å²) in [6, 6.07) is 14.6. The molecule has 2 aromatic carbocycles. The summed E-state index contributed by atoms with van der Waals surface area (Å²) in [5.41, 5.74) is 5.40. The van der Waals surface area contributed by atoms with E-state index in [-0.39, 0.29) is 6.04 Å². The monoisotopic (exact) mass is 420 g/mol. The van der Waals surface area contributed by atoms with Crippen LogP contribution in [0.15, 0.2) is 55.1 Å². The molecule has 0 N–H and O–H groups in total. The summed E-state index contributed by atoms with van der Waals surface area (Å²) >= 11 is 5.67. The number of rotatable bonds is 6. The maximum atomic E-state index is 5.67. The second-order valence-corrected chi connectivity index (χ2v) is 7.78.